The van der Waals surface area contributed by atoms with Crippen molar-refractivity contribution in [3.05, 3.63) is 95.6 Å². The van der Waals surface area contributed by atoms with Gasteiger partial charge in [0.15, 0.2) is 5.78 Å². The van der Waals surface area contributed by atoms with Gasteiger partial charge in [0, 0.05) is 25.9 Å². The summed E-state index contributed by atoms with van der Waals surface area (Å²) < 4.78 is 0. The van der Waals surface area contributed by atoms with Crippen molar-refractivity contribution in [3.8, 4) is 11.1 Å². The first-order valence-corrected chi connectivity index (χ1v) is 26.2. The quantitative estimate of drug-likeness (QED) is 0.0445. The van der Waals surface area contributed by atoms with Crippen LogP contribution in [0, 0.1) is 17.8 Å². The molecule has 1 aliphatic rings. The molecule has 0 heterocycles. The molecule has 1 saturated carbocycles. The van der Waals surface area contributed by atoms with Gasteiger partial charge in [-0.15, -0.1) is 0 Å². The molecule has 4 rings (SSSR count). The normalized spacial score (nSPS) is 15.4. The number of aromatic carboxylic acids is 1. The average molecular weight is 1040 g/mol. The van der Waals surface area contributed by atoms with Gasteiger partial charge in [0.2, 0.25) is 35.4 Å². The van der Waals surface area contributed by atoms with Crippen molar-refractivity contribution in [2.45, 2.75) is 148 Å². The summed E-state index contributed by atoms with van der Waals surface area (Å²) in [7, 11) is 1.38. The van der Waals surface area contributed by atoms with E-state index in [0.29, 0.717) is 23.5 Å². The molecule has 19 heteroatoms. The van der Waals surface area contributed by atoms with Gasteiger partial charge in [0.25, 0.3) is 0 Å². The first kappa shape index (κ1) is 60.4. The van der Waals surface area contributed by atoms with E-state index in [0.717, 1.165) is 48.1 Å². The number of Topliss-reactive ketones (excluding diaryl/α,β-unsaturated/α-hetero) is 1. The second-order valence-corrected chi connectivity index (χ2v) is 20.3. The van der Waals surface area contributed by atoms with Crippen molar-refractivity contribution < 1.29 is 48.3 Å². The molecule has 3 aromatic rings. The molecule has 408 valence electrons. The van der Waals surface area contributed by atoms with Crippen molar-refractivity contribution in [1.29, 1.82) is 0 Å². The zero-order chi connectivity index (χ0) is 55.2. The highest BCUT2D eigenvalue weighted by Gasteiger charge is 2.35. The predicted molar refractivity (Wildman–Crippen MR) is 286 cm³/mol. The van der Waals surface area contributed by atoms with Crippen molar-refractivity contribution in [2.75, 3.05) is 20.1 Å². The van der Waals surface area contributed by atoms with Gasteiger partial charge in [-0.1, -0.05) is 120 Å². The lowest BCUT2D eigenvalue weighted by molar-refractivity contribution is -0.142. The predicted octanol–water partition coefficient (Wildman–Crippen LogP) is 4.15. The van der Waals surface area contributed by atoms with E-state index in [9.17, 15) is 48.3 Å². The first-order chi connectivity index (χ1) is 35.7. The number of carbonyl (C=O) groups excluding carboxylic acids is 8. The summed E-state index contributed by atoms with van der Waals surface area (Å²) in [5.74, 6) is -5.50. The summed E-state index contributed by atoms with van der Waals surface area (Å²) in [5.41, 5.74) is 14.6. The molecule has 8 amide bonds. The molecule has 3 aromatic carbocycles. The maximum atomic E-state index is 14.5. The van der Waals surface area contributed by atoms with Crippen LogP contribution < -0.4 is 43.4 Å². The Labute approximate surface area is 440 Å². The van der Waals surface area contributed by atoms with Crippen LogP contribution in [0.2, 0.25) is 0 Å². The molecule has 11 N–H and O–H groups in total. The van der Waals surface area contributed by atoms with Crippen LogP contribution in [0.3, 0.4) is 0 Å². The number of hydrogen-bond acceptors (Lipinski definition) is 10. The van der Waals surface area contributed by atoms with Crippen molar-refractivity contribution in [2.24, 2.45) is 29.2 Å². The molecular weight excluding hydrogens is 959 g/mol. The third-order valence-corrected chi connectivity index (χ3v) is 13.7. The van der Waals surface area contributed by atoms with Gasteiger partial charge in [-0.2, -0.15) is 0 Å². The molecule has 1 aliphatic carbocycles. The van der Waals surface area contributed by atoms with Gasteiger partial charge >= 0.3 is 12.0 Å². The second kappa shape index (κ2) is 30.3. The summed E-state index contributed by atoms with van der Waals surface area (Å²) in [6, 6.07) is 15.9. The van der Waals surface area contributed by atoms with Gasteiger partial charge in [0.05, 0.1) is 11.6 Å². The maximum Gasteiger partial charge on any atom is 0.335 e. The fraction of sp³-hybridized carbons (Fsp3) is 0.518. The molecule has 0 spiro atoms. The van der Waals surface area contributed by atoms with Gasteiger partial charge < -0.3 is 53.4 Å². The highest BCUT2D eigenvalue weighted by molar-refractivity contribution is 5.97. The monoisotopic (exact) mass is 1040 g/mol. The number of primary amides is 1. The fourth-order valence-corrected chi connectivity index (χ4v) is 9.17. The van der Waals surface area contributed by atoms with Gasteiger partial charge in [0.1, 0.15) is 30.2 Å². The minimum atomic E-state index is -1.28. The van der Waals surface area contributed by atoms with Gasteiger partial charge in [-0.25, -0.2) is 9.59 Å². The molecule has 0 aliphatic heterocycles. The van der Waals surface area contributed by atoms with Crippen LogP contribution in [0.1, 0.15) is 120 Å². The van der Waals surface area contributed by atoms with E-state index < -0.39 is 89.6 Å². The number of nitrogens with two attached hydrogens (primary N) is 2. The lowest BCUT2D eigenvalue weighted by atomic mass is 9.84. The molecule has 0 bridgehead atoms. The first-order valence-electron chi connectivity index (χ1n) is 26.2. The molecule has 0 saturated heterocycles. The Balaban J connectivity index is 1.53. The number of nitrogens with one attached hydrogen (secondary N) is 6. The van der Waals surface area contributed by atoms with E-state index in [1.54, 1.807) is 19.1 Å². The summed E-state index contributed by atoms with van der Waals surface area (Å²) in [5, 5.41) is 25.8. The van der Waals surface area contributed by atoms with E-state index in [-0.39, 0.29) is 68.9 Å². The number of likely N-dealkylation sites (N-methyl/N-ethyl adjacent to an activating group) is 1. The molecule has 0 unspecified atom stereocenters. The lowest BCUT2D eigenvalue weighted by Gasteiger charge is -2.31. The Hall–Kier alpha value is -7.15. The van der Waals surface area contributed by atoms with Crippen LogP contribution in [0.25, 0.3) is 11.1 Å². The third kappa shape index (κ3) is 19.9. The number of urea groups is 1. The van der Waals surface area contributed by atoms with Crippen LogP contribution in [-0.4, -0.2) is 120 Å². The van der Waals surface area contributed by atoms with E-state index >= 15 is 0 Å². The van der Waals surface area contributed by atoms with Gasteiger partial charge in [-0.3, -0.25) is 33.6 Å². The Morgan fingerprint density at radius 1 is 0.627 bits per heavy atom. The molecule has 0 aromatic heterocycles. The lowest BCUT2D eigenvalue weighted by Crippen LogP contribution is -2.59. The number of carbonyl (C=O) groups is 9. The summed E-state index contributed by atoms with van der Waals surface area (Å²) in [6.07, 6.45) is 6.38. The van der Waals surface area contributed by atoms with Crippen LogP contribution in [-0.2, 0) is 46.4 Å². The molecule has 75 heavy (non-hydrogen) atoms. The summed E-state index contributed by atoms with van der Waals surface area (Å²) >= 11 is 0. The molecule has 7 atom stereocenters. The molecule has 19 nitrogen and oxygen atoms in total. The number of carboxylic acids is 1. The topological polar surface area (TPSA) is 301 Å². The number of benzene rings is 3. The zero-order valence-electron chi connectivity index (χ0n) is 44.3. The Morgan fingerprint density at radius 3 is 1.75 bits per heavy atom. The SMILES string of the molecule is CC(=O)[C@H](CC1CCCCC1)NC(=O)[C@H](CCN)NC(=O)[C@@H](CC(C)C)NC(=O)[C@H](C)N(C)C(=O)[C@H](CCCNC(N)=O)NC(=O)[C@H](Cc1ccc(-c2ccccc2)cc1)NC(=O)[C@@H](C)Cc1ccc(C(=O)O)cc1. The highest BCUT2D eigenvalue weighted by Crippen LogP contribution is 2.28. The van der Waals surface area contributed by atoms with Crippen LogP contribution >= 0.6 is 0 Å². The van der Waals surface area contributed by atoms with Crippen LogP contribution in [0.4, 0.5) is 4.79 Å². The summed E-state index contributed by atoms with van der Waals surface area (Å²) in [6.45, 7) is 8.39. The molecule has 1 fully saturated rings. The number of rotatable bonds is 29. The van der Waals surface area contributed by atoms with E-state index in [1.807, 2.05) is 68.4 Å². The number of ketones is 1. The standard InChI is InChI=1S/C56H79N9O10/c1-34(2)30-47(52(70)60-44(27-28-57)51(69)62-46(37(5)66)32-38-14-9-7-10-15-38)64-50(68)36(4)65(6)54(72)45(18-13-29-59-56(58)75)61-53(71)48(33-40-19-23-42(24-20-40)41-16-11-8-12-17-41)63-49(67)35(3)31-39-21-25-43(26-22-39)55(73)74/h8,11-12,16-17,19-26,34-36,38,44-48H,7,9-10,13-15,18,27-33,57H2,1-6H3,(H,60,70)(H,61,71)(H,62,69)(H,63,67)(H,64,68)(H,73,74)(H3,58,59,75)/t35-,36-,44-,45-,46-,47+,48-/m0/s1. The average Bonchev–Trinajstić information content (AvgIpc) is 3.38. The Bertz CT molecular complexity index is 2390. The molecular formula is C56H79N9O10. The van der Waals surface area contributed by atoms with Gasteiger partial charge in [-0.05, 0) is 105 Å². The van der Waals surface area contributed by atoms with Crippen LogP contribution in [0.15, 0.2) is 78.9 Å². The Kier molecular flexibility index (Phi) is 24.4. The van der Waals surface area contributed by atoms with E-state index in [2.05, 4.69) is 31.9 Å². The zero-order valence-corrected chi connectivity index (χ0v) is 44.3. The number of hydrogen-bond donors (Lipinski definition) is 9. The van der Waals surface area contributed by atoms with E-state index in [4.69, 9.17) is 11.5 Å². The smallest absolute Gasteiger partial charge is 0.335 e. The third-order valence-electron chi connectivity index (χ3n) is 13.7. The Morgan fingerprint density at radius 2 is 1.16 bits per heavy atom. The summed E-state index contributed by atoms with van der Waals surface area (Å²) in [4.78, 5) is 121. The van der Waals surface area contributed by atoms with E-state index in [1.165, 1.54) is 33.0 Å². The highest BCUT2D eigenvalue weighted by atomic mass is 16.4. The van der Waals surface area contributed by atoms with Crippen molar-refractivity contribution >= 4 is 53.2 Å². The largest absolute Gasteiger partial charge is 0.478 e. The molecule has 0 radical (unpaired) electrons. The second-order valence-electron chi connectivity index (χ2n) is 20.3. The number of carboxylic acid groups (broad SMARTS) is 1. The number of amides is 8. The fourth-order valence-electron chi connectivity index (χ4n) is 9.17. The van der Waals surface area contributed by atoms with Crippen molar-refractivity contribution in [1.82, 2.24) is 36.8 Å². The minimum Gasteiger partial charge on any atom is -0.478 e. The van der Waals surface area contributed by atoms with Crippen LogP contribution in [0.5, 0.6) is 0 Å². The number of nitrogens with zero attached hydrogens (tertiary/aromatic N) is 1. The van der Waals surface area contributed by atoms with Crippen molar-refractivity contribution in [3.63, 3.8) is 0 Å². The maximum absolute atomic E-state index is 14.5. The minimum absolute atomic E-state index is 0.0210.